The van der Waals surface area contributed by atoms with Crippen molar-refractivity contribution in [3.05, 3.63) is 0 Å². The third-order valence-corrected chi connectivity index (χ3v) is 0. The predicted octanol–water partition coefficient (Wildman–Crippen LogP) is -6.03. The summed E-state index contributed by atoms with van der Waals surface area (Å²) in [5.74, 6) is 0. The number of hydrogen-bond donors (Lipinski definition) is 0. The number of carbonyl (C=O) groups is 1. The van der Waals surface area contributed by atoms with Crippen LogP contribution in [0, 0.1) is 0 Å². The van der Waals surface area contributed by atoms with E-state index in [-0.39, 0.29) is 83.2 Å². The Hall–Kier alpha value is 2.12. The minimum absolute atomic E-state index is 0. The molecule has 0 atom stereocenters. The molecule has 0 amide bonds. The standard InChI is InChI=1S/CH2O3.Ca.H3O4P.Sr/c2-1(3)4;;1-5(2,3)4;/h(H2,2,3,4);;(H3,1,2,3,4);/q;+2;;+2/p-5. The first-order valence-corrected chi connectivity index (χ1v) is 2.80. The zero-order valence-electron chi connectivity index (χ0n) is 5.22. The van der Waals surface area contributed by atoms with E-state index in [9.17, 15) is 0 Å². The van der Waals surface area contributed by atoms with Gasteiger partial charge in [-0.3, -0.25) is 0 Å². The van der Waals surface area contributed by atoms with Crippen LogP contribution in [0.4, 0.5) is 4.79 Å². The summed E-state index contributed by atoms with van der Waals surface area (Å²) in [5, 5.41) is 16.7. The number of carboxylic acid groups (broad SMARTS) is 2. The maximum atomic E-state index is 8.55. The van der Waals surface area contributed by atoms with Gasteiger partial charge in [0.2, 0.25) is 0 Å². The van der Waals surface area contributed by atoms with E-state index in [4.69, 9.17) is 34.3 Å². The van der Waals surface area contributed by atoms with Gasteiger partial charge in [-0.2, -0.15) is 7.82 Å². The van der Waals surface area contributed by atoms with Crippen molar-refractivity contribution in [2.45, 2.75) is 0 Å². The Labute approximate surface area is 129 Å². The van der Waals surface area contributed by atoms with Crippen LogP contribution in [0.15, 0.2) is 0 Å². The van der Waals surface area contributed by atoms with Gasteiger partial charge >= 0.3 is 83.2 Å². The molecule has 0 saturated carbocycles. The minimum atomic E-state index is -5.39. The van der Waals surface area contributed by atoms with Crippen molar-refractivity contribution < 1.29 is 34.3 Å². The van der Waals surface area contributed by atoms with Crippen molar-refractivity contribution in [3.63, 3.8) is 0 Å². The van der Waals surface area contributed by atoms with Gasteiger partial charge < -0.3 is 34.3 Å². The quantitative estimate of drug-likeness (QED) is 0.317. The fraction of sp³-hybridized carbons (Fsp3) is 0. The van der Waals surface area contributed by atoms with Gasteiger partial charge in [0.25, 0.3) is 0 Å². The molecule has 0 saturated heterocycles. The van der Waals surface area contributed by atoms with Crippen LogP contribution < -0.4 is 24.9 Å². The molecular weight excluding hydrogens is 283 g/mol. The Balaban J connectivity index is -0.0000000383. The topological polar surface area (TPSA) is 149 Å². The molecule has 0 aromatic carbocycles. The van der Waals surface area contributed by atoms with Gasteiger partial charge in [0, 0.05) is 0 Å². The van der Waals surface area contributed by atoms with Crippen LogP contribution in [0.2, 0.25) is 0 Å². The predicted molar refractivity (Wildman–Crippen MR) is 24.5 cm³/mol. The van der Waals surface area contributed by atoms with Gasteiger partial charge in [-0.05, 0) is 6.16 Å². The average Bonchev–Trinajstić information content (AvgIpc) is 1.19. The third-order valence-electron chi connectivity index (χ3n) is 0. The van der Waals surface area contributed by atoms with Crippen LogP contribution in [-0.4, -0.2) is 89.4 Å². The molecule has 0 aromatic rings. The average molecular weight is 283 g/mol. The molecule has 11 heavy (non-hydrogen) atoms. The van der Waals surface area contributed by atoms with Crippen molar-refractivity contribution in [3.8, 4) is 0 Å². The van der Waals surface area contributed by atoms with Crippen molar-refractivity contribution in [1.29, 1.82) is 0 Å². The van der Waals surface area contributed by atoms with E-state index in [0.717, 1.165) is 0 Å². The Kier molecular flexibility index (Phi) is 25.5. The fourth-order valence-corrected chi connectivity index (χ4v) is 0. The summed E-state index contributed by atoms with van der Waals surface area (Å²) in [4.78, 5) is 34.0. The van der Waals surface area contributed by atoms with E-state index in [1.54, 1.807) is 0 Å². The molecule has 0 aromatic heterocycles. The molecule has 0 aliphatic carbocycles. The number of rotatable bonds is 0. The van der Waals surface area contributed by atoms with Gasteiger partial charge in [-0.15, -0.1) is 0 Å². The molecule has 0 spiro atoms. The molecule has 0 unspecified atom stereocenters. The Bertz CT molecular complexity index is 118. The fourth-order valence-electron chi connectivity index (χ4n) is 0. The van der Waals surface area contributed by atoms with Crippen LogP contribution in [-0.2, 0) is 4.57 Å². The third kappa shape index (κ3) is 276. The van der Waals surface area contributed by atoms with E-state index in [0.29, 0.717) is 0 Å². The molecule has 0 radical (unpaired) electrons. The van der Waals surface area contributed by atoms with E-state index in [1.807, 2.05) is 0 Å². The molecule has 56 valence electrons. The molecule has 7 nitrogen and oxygen atoms in total. The van der Waals surface area contributed by atoms with E-state index in [1.165, 1.54) is 0 Å². The summed E-state index contributed by atoms with van der Waals surface area (Å²) in [5.41, 5.74) is 0. The van der Waals surface area contributed by atoms with E-state index < -0.39 is 14.0 Å². The van der Waals surface area contributed by atoms with Gasteiger partial charge in [0.15, 0.2) is 0 Å². The van der Waals surface area contributed by atoms with Crippen LogP contribution in [0.3, 0.4) is 0 Å². The van der Waals surface area contributed by atoms with Crippen molar-refractivity contribution in [1.82, 2.24) is 0 Å². The maximum absolute atomic E-state index is 8.55. The Morgan fingerprint density at radius 3 is 1.09 bits per heavy atom. The molecule has 10 heteroatoms. The van der Waals surface area contributed by atoms with Crippen molar-refractivity contribution in [2.24, 2.45) is 0 Å². The van der Waals surface area contributed by atoms with Crippen LogP contribution in [0.25, 0.3) is 0 Å². The van der Waals surface area contributed by atoms with Gasteiger partial charge in [-0.25, -0.2) is 0 Å². The Morgan fingerprint density at radius 2 is 1.09 bits per heavy atom. The first-order chi connectivity index (χ1) is 3.73. The van der Waals surface area contributed by atoms with E-state index in [2.05, 4.69) is 0 Å². The first-order valence-electron chi connectivity index (χ1n) is 1.34. The molecule has 0 aliphatic rings. The largest absolute Gasteiger partial charge is 2.00 e. The zero-order valence-corrected chi connectivity index (χ0v) is 11.8. The molecule has 0 fully saturated rings. The van der Waals surface area contributed by atoms with Crippen molar-refractivity contribution >= 4 is 97.2 Å². The molecule has 0 aliphatic heterocycles. The minimum Gasteiger partial charge on any atom is -0.822 e. The van der Waals surface area contributed by atoms with Gasteiger partial charge in [-0.1, -0.05) is 0 Å². The summed E-state index contributed by atoms with van der Waals surface area (Å²) in [6, 6.07) is 0. The monoisotopic (exact) mass is 283 g/mol. The Morgan fingerprint density at radius 1 is 1.09 bits per heavy atom. The second-order valence-electron chi connectivity index (χ2n) is 0.697. The maximum Gasteiger partial charge on any atom is 2.00 e. The number of carbonyl (C=O) groups excluding carboxylic acids is 1. The van der Waals surface area contributed by atoms with Crippen LogP contribution in [0.5, 0.6) is 0 Å². The normalized spacial score (nSPS) is 7.55. The van der Waals surface area contributed by atoms with Gasteiger partial charge in [0.1, 0.15) is 0 Å². The molecule has 0 bridgehead atoms. The van der Waals surface area contributed by atoms with Crippen LogP contribution >= 0.6 is 7.82 Å². The summed E-state index contributed by atoms with van der Waals surface area (Å²) in [7, 11) is -5.39. The second kappa shape index (κ2) is 12.1. The second-order valence-corrected chi connectivity index (χ2v) is 1.59. The summed E-state index contributed by atoms with van der Waals surface area (Å²) < 4.78 is 8.55. The number of hydrogen-bond acceptors (Lipinski definition) is 7. The summed E-state index contributed by atoms with van der Waals surface area (Å²) >= 11 is 0. The summed E-state index contributed by atoms with van der Waals surface area (Å²) in [6.45, 7) is 0. The van der Waals surface area contributed by atoms with Crippen molar-refractivity contribution in [2.75, 3.05) is 0 Å². The molecular formula is CCaO7PSr-. The van der Waals surface area contributed by atoms with Crippen LogP contribution in [0.1, 0.15) is 0 Å². The zero-order chi connectivity index (χ0) is 8.08. The van der Waals surface area contributed by atoms with Gasteiger partial charge in [0.05, 0.1) is 0 Å². The smallest absolute Gasteiger partial charge is 0.822 e. The molecule has 0 N–H and O–H groups in total. The summed E-state index contributed by atoms with van der Waals surface area (Å²) in [6.07, 6.45) is -2.33. The SMILES string of the molecule is O=C([O-])[O-].O=P([O-])([O-])[O-].[Ca+2].[Sr+2]. The van der Waals surface area contributed by atoms with E-state index >= 15 is 0 Å². The molecule has 0 heterocycles. The first kappa shape index (κ1) is 23.2. The molecule has 0 rings (SSSR count). The number of phosphoric acid groups is 1.